The van der Waals surface area contributed by atoms with E-state index in [2.05, 4.69) is 10.6 Å². The van der Waals surface area contributed by atoms with Crippen molar-refractivity contribution in [3.63, 3.8) is 0 Å². The molecule has 7 heteroatoms. The summed E-state index contributed by atoms with van der Waals surface area (Å²) >= 11 is 0. The van der Waals surface area contributed by atoms with Crippen molar-refractivity contribution in [2.24, 2.45) is 11.3 Å². The molecule has 0 aromatic heterocycles. The molecule has 1 rings (SSSR count). The lowest BCUT2D eigenvalue weighted by atomic mass is 9.92. The summed E-state index contributed by atoms with van der Waals surface area (Å²) in [5.41, 5.74) is -0.846. The Morgan fingerprint density at radius 3 is 2.15 bits per heavy atom. The van der Waals surface area contributed by atoms with Crippen LogP contribution in [0.3, 0.4) is 0 Å². The van der Waals surface area contributed by atoms with Gasteiger partial charge in [-0.15, -0.1) is 0 Å². The van der Waals surface area contributed by atoms with Gasteiger partial charge in [0.1, 0.15) is 23.2 Å². The van der Waals surface area contributed by atoms with Crippen LogP contribution in [-0.2, 0) is 4.79 Å². The number of benzene rings is 1. The van der Waals surface area contributed by atoms with Gasteiger partial charge < -0.3 is 15.5 Å². The lowest BCUT2D eigenvalue weighted by molar-refractivity contribution is -0.124. The Morgan fingerprint density at radius 1 is 1.15 bits per heavy atom. The Morgan fingerprint density at radius 2 is 1.69 bits per heavy atom. The number of carbonyl (C=O) groups is 2. The van der Waals surface area contributed by atoms with Gasteiger partial charge in [0, 0.05) is 13.1 Å². The number of halogens is 2. The maximum absolute atomic E-state index is 13.8. The largest absolute Gasteiger partial charge is 0.354 e. The summed E-state index contributed by atoms with van der Waals surface area (Å²) in [6.07, 6.45) is 0. The highest BCUT2D eigenvalue weighted by atomic mass is 19.1. The lowest BCUT2D eigenvalue weighted by Gasteiger charge is -2.30. The zero-order valence-electron chi connectivity index (χ0n) is 16.3. The second-order valence-corrected chi connectivity index (χ2v) is 7.91. The van der Waals surface area contributed by atoms with E-state index >= 15 is 0 Å². The van der Waals surface area contributed by atoms with Gasteiger partial charge in [0.05, 0.1) is 0 Å². The van der Waals surface area contributed by atoms with Crippen LogP contribution in [0.2, 0.25) is 0 Å². The third kappa shape index (κ3) is 6.37. The number of hydrogen-bond donors (Lipinski definition) is 2. The molecule has 2 amide bonds. The second kappa shape index (κ2) is 9.07. The molecule has 146 valence electrons. The van der Waals surface area contributed by atoms with E-state index in [0.717, 1.165) is 18.7 Å². The minimum absolute atomic E-state index is 0.164. The summed E-state index contributed by atoms with van der Waals surface area (Å²) in [5.74, 6) is -3.49. The van der Waals surface area contributed by atoms with Crippen LogP contribution >= 0.6 is 0 Å². The fourth-order valence-electron chi connectivity index (χ4n) is 2.81. The van der Waals surface area contributed by atoms with Crippen LogP contribution < -0.4 is 10.6 Å². The van der Waals surface area contributed by atoms with E-state index in [1.807, 2.05) is 32.8 Å². The Hall–Kier alpha value is -2.02. The molecular weight excluding hydrogens is 340 g/mol. The van der Waals surface area contributed by atoms with Gasteiger partial charge in [-0.2, -0.15) is 0 Å². The molecule has 0 bridgehead atoms. The zero-order chi connectivity index (χ0) is 20.1. The van der Waals surface area contributed by atoms with E-state index < -0.39 is 29.1 Å². The average Bonchev–Trinajstić information content (AvgIpc) is 2.48. The molecule has 0 spiro atoms. The normalized spacial score (nSPS) is 13.0. The highest BCUT2D eigenvalue weighted by Crippen LogP contribution is 2.16. The van der Waals surface area contributed by atoms with Crippen LogP contribution in [0, 0.1) is 23.0 Å². The Labute approximate surface area is 154 Å². The molecule has 0 aliphatic carbocycles. The van der Waals surface area contributed by atoms with Gasteiger partial charge >= 0.3 is 0 Å². The Balaban J connectivity index is 2.83. The summed E-state index contributed by atoms with van der Waals surface area (Å²) in [4.78, 5) is 26.8. The number of carbonyl (C=O) groups excluding carboxylic acids is 2. The fourth-order valence-corrected chi connectivity index (χ4v) is 2.81. The quantitative estimate of drug-likeness (QED) is 0.740. The number of amides is 2. The third-order valence-electron chi connectivity index (χ3n) is 3.91. The van der Waals surface area contributed by atoms with Crippen molar-refractivity contribution in [1.29, 1.82) is 0 Å². The van der Waals surface area contributed by atoms with Crippen LogP contribution in [0.5, 0.6) is 0 Å². The smallest absolute Gasteiger partial charge is 0.257 e. The number of nitrogens with zero attached hydrogens (tertiary/aromatic N) is 1. The molecule has 26 heavy (non-hydrogen) atoms. The Bertz CT molecular complexity index is 625. The SMILES string of the molecule is CC(C)C(NC(=O)c1c(F)cccc1F)C(=O)NCC(C)(C)CN(C)C. The maximum atomic E-state index is 13.8. The van der Waals surface area contributed by atoms with E-state index in [9.17, 15) is 18.4 Å². The standard InChI is InChI=1S/C19H29F2N3O2/c1-12(2)16(18(26)22-10-19(3,4)11-24(5)6)23-17(25)15-13(20)8-7-9-14(15)21/h7-9,12,16H,10-11H2,1-6H3,(H,22,26)(H,23,25). The maximum Gasteiger partial charge on any atom is 0.257 e. The summed E-state index contributed by atoms with van der Waals surface area (Å²) in [7, 11) is 3.90. The summed E-state index contributed by atoms with van der Waals surface area (Å²) in [5, 5.41) is 5.28. The molecule has 0 saturated heterocycles. The topological polar surface area (TPSA) is 61.4 Å². The van der Waals surface area contributed by atoms with Crippen LogP contribution in [0.1, 0.15) is 38.1 Å². The molecule has 0 aliphatic heterocycles. The Kier molecular flexibility index (Phi) is 7.68. The van der Waals surface area contributed by atoms with Crippen molar-refractivity contribution >= 4 is 11.8 Å². The van der Waals surface area contributed by atoms with E-state index in [1.165, 1.54) is 6.07 Å². The molecule has 1 unspecified atom stereocenters. The van der Waals surface area contributed by atoms with Gasteiger partial charge in [0.15, 0.2) is 0 Å². The van der Waals surface area contributed by atoms with Gasteiger partial charge in [-0.25, -0.2) is 8.78 Å². The van der Waals surface area contributed by atoms with Crippen molar-refractivity contribution in [3.05, 3.63) is 35.4 Å². The monoisotopic (exact) mass is 369 g/mol. The molecular formula is C19H29F2N3O2. The molecule has 1 atom stereocenters. The fraction of sp³-hybridized carbons (Fsp3) is 0.579. The van der Waals surface area contributed by atoms with Crippen LogP contribution in [0.4, 0.5) is 8.78 Å². The first kappa shape index (κ1) is 22.0. The molecule has 5 nitrogen and oxygen atoms in total. The van der Waals surface area contributed by atoms with Crippen LogP contribution in [0.25, 0.3) is 0 Å². The molecule has 1 aromatic carbocycles. The minimum Gasteiger partial charge on any atom is -0.354 e. The van der Waals surface area contributed by atoms with Crippen LogP contribution in [-0.4, -0.2) is 49.9 Å². The summed E-state index contributed by atoms with van der Waals surface area (Å²) < 4.78 is 27.5. The first-order valence-corrected chi connectivity index (χ1v) is 8.62. The van der Waals surface area contributed by atoms with E-state index in [4.69, 9.17) is 0 Å². The average molecular weight is 369 g/mol. The van der Waals surface area contributed by atoms with E-state index in [-0.39, 0.29) is 17.2 Å². The second-order valence-electron chi connectivity index (χ2n) is 7.91. The van der Waals surface area contributed by atoms with E-state index in [1.54, 1.807) is 13.8 Å². The highest BCUT2D eigenvalue weighted by molar-refractivity contribution is 5.98. The number of nitrogens with one attached hydrogen (secondary N) is 2. The van der Waals surface area contributed by atoms with Crippen molar-refractivity contribution in [2.75, 3.05) is 27.2 Å². The van der Waals surface area contributed by atoms with Gasteiger partial charge in [-0.3, -0.25) is 9.59 Å². The predicted molar refractivity (Wildman–Crippen MR) is 97.8 cm³/mol. The minimum atomic E-state index is -0.961. The molecule has 1 aromatic rings. The third-order valence-corrected chi connectivity index (χ3v) is 3.91. The molecule has 0 aliphatic rings. The molecule has 0 radical (unpaired) electrons. The first-order chi connectivity index (χ1) is 11.9. The summed E-state index contributed by atoms with van der Waals surface area (Å²) in [6, 6.07) is 2.30. The van der Waals surface area contributed by atoms with Gasteiger partial charge in [0.2, 0.25) is 5.91 Å². The zero-order valence-corrected chi connectivity index (χ0v) is 16.3. The van der Waals surface area contributed by atoms with Crippen molar-refractivity contribution < 1.29 is 18.4 Å². The molecule has 0 fully saturated rings. The van der Waals surface area contributed by atoms with Gasteiger partial charge in [-0.05, 0) is 37.6 Å². The van der Waals surface area contributed by atoms with Gasteiger partial charge in [0.25, 0.3) is 5.91 Å². The lowest BCUT2D eigenvalue weighted by Crippen LogP contribution is -2.52. The molecule has 0 heterocycles. The number of hydrogen-bond acceptors (Lipinski definition) is 3. The van der Waals surface area contributed by atoms with Crippen molar-refractivity contribution in [2.45, 2.75) is 33.7 Å². The molecule has 0 saturated carbocycles. The van der Waals surface area contributed by atoms with E-state index in [0.29, 0.717) is 6.54 Å². The van der Waals surface area contributed by atoms with Crippen molar-refractivity contribution in [3.8, 4) is 0 Å². The molecule has 2 N–H and O–H groups in total. The highest BCUT2D eigenvalue weighted by Gasteiger charge is 2.28. The summed E-state index contributed by atoms with van der Waals surface area (Å²) in [6.45, 7) is 8.74. The number of rotatable bonds is 8. The van der Waals surface area contributed by atoms with Crippen molar-refractivity contribution in [1.82, 2.24) is 15.5 Å². The van der Waals surface area contributed by atoms with Gasteiger partial charge in [-0.1, -0.05) is 33.8 Å². The van der Waals surface area contributed by atoms with Crippen LogP contribution in [0.15, 0.2) is 18.2 Å². The first-order valence-electron chi connectivity index (χ1n) is 8.62. The predicted octanol–water partition coefficient (Wildman–Crippen LogP) is 2.42.